The highest BCUT2D eigenvalue weighted by Gasteiger charge is 2.45. The largest absolute Gasteiger partial charge is 0.458 e. The fourth-order valence-corrected chi connectivity index (χ4v) is 3.47. The number of carbonyl (C=O) groups is 3. The van der Waals surface area contributed by atoms with E-state index < -0.39 is 54.8 Å². The van der Waals surface area contributed by atoms with Crippen molar-refractivity contribution in [3.63, 3.8) is 0 Å². The zero-order valence-corrected chi connectivity index (χ0v) is 17.8. The van der Waals surface area contributed by atoms with Gasteiger partial charge in [-0.3, -0.25) is 9.59 Å². The minimum atomic E-state index is -1.03. The number of aliphatic hydroxyl groups is 2. The van der Waals surface area contributed by atoms with Crippen molar-refractivity contribution in [2.45, 2.75) is 65.0 Å². The summed E-state index contributed by atoms with van der Waals surface area (Å²) in [7, 11) is 0. The number of aliphatic hydroxyl groups excluding tert-OH is 2. The summed E-state index contributed by atoms with van der Waals surface area (Å²) in [4.78, 5) is 36.2. The molecule has 6 atom stereocenters. The van der Waals surface area contributed by atoms with Gasteiger partial charge in [-0.15, -0.1) is 0 Å². The number of carbonyl (C=O) groups excluding carboxylic acids is 3. The van der Waals surface area contributed by atoms with E-state index in [0.29, 0.717) is 12.0 Å². The predicted octanol–water partition coefficient (Wildman–Crippen LogP) is 1.60. The van der Waals surface area contributed by atoms with Crippen molar-refractivity contribution in [3.05, 3.63) is 35.5 Å². The Morgan fingerprint density at radius 1 is 1.33 bits per heavy atom. The van der Waals surface area contributed by atoms with Crippen LogP contribution in [0.5, 0.6) is 0 Å². The molecular weight excluding hydrogens is 392 g/mol. The molecule has 0 radical (unpaired) electrons. The van der Waals surface area contributed by atoms with Gasteiger partial charge in [0.2, 0.25) is 0 Å². The summed E-state index contributed by atoms with van der Waals surface area (Å²) in [5.41, 5.74) is 0.876. The van der Waals surface area contributed by atoms with Crippen molar-refractivity contribution in [1.82, 2.24) is 0 Å². The van der Waals surface area contributed by atoms with Crippen LogP contribution in [0.2, 0.25) is 0 Å². The summed E-state index contributed by atoms with van der Waals surface area (Å²) in [6.07, 6.45) is -0.0639. The number of ether oxygens (including phenoxy) is 3. The van der Waals surface area contributed by atoms with E-state index in [4.69, 9.17) is 14.2 Å². The molecule has 1 heterocycles. The first-order valence-corrected chi connectivity index (χ1v) is 10.0. The molecule has 30 heavy (non-hydrogen) atoms. The molecule has 1 fully saturated rings. The lowest BCUT2D eigenvalue weighted by molar-refractivity contribution is -0.154. The van der Waals surface area contributed by atoms with Crippen LogP contribution in [0.3, 0.4) is 0 Å². The second-order valence-corrected chi connectivity index (χ2v) is 7.79. The molecular formula is C22H30O8. The number of fused-ring (bicyclic) bond motifs is 1. The zero-order chi connectivity index (χ0) is 22.6. The van der Waals surface area contributed by atoms with Gasteiger partial charge in [0, 0.05) is 18.9 Å². The highest BCUT2D eigenvalue weighted by Crippen LogP contribution is 2.36. The van der Waals surface area contributed by atoms with Crippen LogP contribution in [0.4, 0.5) is 0 Å². The van der Waals surface area contributed by atoms with Gasteiger partial charge in [0.05, 0.1) is 24.5 Å². The Hall–Kier alpha value is -2.45. The van der Waals surface area contributed by atoms with Gasteiger partial charge in [-0.25, -0.2) is 4.79 Å². The lowest BCUT2D eigenvalue weighted by Crippen LogP contribution is -2.36. The highest BCUT2D eigenvalue weighted by molar-refractivity contribution is 5.91. The SMILES string of the molecule is C=C1C(=O)O[C@H]2C=C(CO)[C@H](OC(C)=O)C[C@H](O)C(C)=CC(OC(=O)[C@H](C)CC)[C@H]12. The Kier molecular flexibility index (Phi) is 7.97. The molecule has 0 spiro atoms. The molecule has 0 aromatic carbocycles. The quantitative estimate of drug-likeness (QED) is 0.297. The number of esters is 3. The van der Waals surface area contributed by atoms with Gasteiger partial charge in [-0.2, -0.15) is 0 Å². The minimum Gasteiger partial charge on any atom is -0.458 e. The van der Waals surface area contributed by atoms with E-state index in [-0.39, 0.29) is 23.5 Å². The van der Waals surface area contributed by atoms with E-state index >= 15 is 0 Å². The van der Waals surface area contributed by atoms with Crippen molar-refractivity contribution < 1.29 is 38.8 Å². The van der Waals surface area contributed by atoms with Crippen LogP contribution in [0.1, 0.15) is 40.5 Å². The first-order valence-electron chi connectivity index (χ1n) is 10.0. The van der Waals surface area contributed by atoms with E-state index in [0.717, 1.165) is 0 Å². The molecule has 2 rings (SSSR count). The Labute approximate surface area is 176 Å². The Morgan fingerprint density at radius 3 is 2.57 bits per heavy atom. The van der Waals surface area contributed by atoms with Crippen LogP contribution in [-0.2, 0) is 28.6 Å². The topological polar surface area (TPSA) is 119 Å². The van der Waals surface area contributed by atoms with Crippen LogP contribution in [0.15, 0.2) is 35.5 Å². The maximum Gasteiger partial charge on any atom is 0.334 e. The molecule has 8 nitrogen and oxygen atoms in total. The molecule has 8 heteroatoms. The van der Waals surface area contributed by atoms with Crippen LogP contribution in [0.25, 0.3) is 0 Å². The lowest BCUT2D eigenvalue weighted by Gasteiger charge is -2.29. The minimum absolute atomic E-state index is 0.00733. The normalized spacial score (nSPS) is 30.4. The fourth-order valence-electron chi connectivity index (χ4n) is 3.47. The van der Waals surface area contributed by atoms with Crippen molar-refractivity contribution >= 4 is 17.9 Å². The van der Waals surface area contributed by atoms with Gasteiger partial charge in [-0.05, 0) is 36.6 Å². The zero-order valence-electron chi connectivity index (χ0n) is 17.8. The molecule has 1 saturated heterocycles. The van der Waals surface area contributed by atoms with Crippen molar-refractivity contribution in [2.75, 3.05) is 6.61 Å². The number of hydrogen-bond donors (Lipinski definition) is 2. The second-order valence-electron chi connectivity index (χ2n) is 7.79. The van der Waals surface area contributed by atoms with E-state index in [1.165, 1.54) is 13.0 Å². The Bertz CT molecular complexity index is 765. The monoisotopic (exact) mass is 422 g/mol. The predicted molar refractivity (Wildman–Crippen MR) is 107 cm³/mol. The number of rotatable bonds is 5. The summed E-state index contributed by atoms with van der Waals surface area (Å²) in [5.74, 6) is -2.74. The molecule has 2 aliphatic rings. The maximum absolute atomic E-state index is 12.5. The summed E-state index contributed by atoms with van der Waals surface area (Å²) in [6.45, 7) is 9.80. The standard InChI is InChI=1S/C22H30O8/c1-6-11(2)21(26)29-18-7-12(3)16(25)9-17(28-14(5)24)15(10-23)8-19-20(18)13(4)22(27)30-19/h7-8,11,16-20,23,25H,4,6,9-10H2,1-3,5H3/t11-,16+,17-,18?,19+,20+/m1/s1. The van der Waals surface area contributed by atoms with E-state index in [1.54, 1.807) is 19.9 Å². The van der Waals surface area contributed by atoms with E-state index in [1.807, 2.05) is 6.92 Å². The Morgan fingerprint density at radius 2 is 2.00 bits per heavy atom. The maximum atomic E-state index is 12.5. The van der Waals surface area contributed by atoms with Crippen LogP contribution in [-0.4, -0.2) is 59.1 Å². The smallest absolute Gasteiger partial charge is 0.334 e. The molecule has 0 amide bonds. The van der Waals surface area contributed by atoms with E-state index in [2.05, 4.69) is 6.58 Å². The molecule has 2 N–H and O–H groups in total. The van der Waals surface area contributed by atoms with Gasteiger partial charge < -0.3 is 24.4 Å². The van der Waals surface area contributed by atoms with Gasteiger partial charge in [0.15, 0.2) is 0 Å². The van der Waals surface area contributed by atoms with E-state index in [9.17, 15) is 24.6 Å². The van der Waals surface area contributed by atoms with Gasteiger partial charge >= 0.3 is 17.9 Å². The first-order chi connectivity index (χ1) is 14.1. The molecule has 0 aromatic rings. The third-order valence-electron chi connectivity index (χ3n) is 5.56. The summed E-state index contributed by atoms with van der Waals surface area (Å²) in [5, 5.41) is 20.5. The van der Waals surface area contributed by atoms with Gasteiger partial charge in [-0.1, -0.05) is 20.4 Å². The second kappa shape index (κ2) is 10.0. The lowest BCUT2D eigenvalue weighted by atomic mass is 9.85. The molecule has 1 aliphatic heterocycles. The van der Waals surface area contributed by atoms with Crippen LogP contribution >= 0.6 is 0 Å². The third kappa shape index (κ3) is 5.37. The van der Waals surface area contributed by atoms with Crippen LogP contribution < -0.4 is 0 Å². The molecule has 1 aliphatic carbocycles. The summed E-state index contributed by atoms with van der Waals surface area (Å²) in [6, 6.07) is 0. The van der Waals surface area contributed by atoms with Crippen molar-refractivity contribution in [1.29, 1.82) is 0 Å². The highest BCUT2D eigenvalue weighted by atomic mass is 16.6. The summed E-state index contributed by atoms with van der Waals surface area (Å²) < 4.78 is 16.4. The first kappa shape index (κ1) is 23.8. The van der Waals surface area contributed by atoms with Crippen molar-refractivity contribution in [2.24, 2.45) is 11.8 Å². The molecule has 166 valence electrons. The van der Waals surface area contributed by atoms with Crippen LogP contribution in [0, 0.1) is 11.8 Å². The summed E-state index contributed by atoms with van der Waals surface area (Å²) >= 11 is 0. The van der Waals surface area contributed by atoms with Gasteiger partial charge in [0.1, 0.15) is 18.3 Å². The molecule has 1 unspecified atom stereocenters. The third-order valence-corrected chi connectivity index (χ3v) is 5.56. The number of hydrogen-bond acceptors (Lipinski definition) is 8. The average molecular weight is 422 g/mol. The molecule has 0 saturated carbocycles. The van der Waals surface area contributed by atoms with Crippen molar-refractivity contribution in [3.8, 4) is 0 Å². The molecule has 0 aromatic heterocycles. The van der Waals surface area contributed by atoms with Gasteiger partial charge in [0.25, 0.3) is 0 Å². The fraction of sp³-hybridized carbons (Fsp3) is 0.591. The Balaban J connectivity index is 2.53. The molecule has 0 bridgehead atoms. The average Bonchev–Trinajstić information content (AvgIpc) is 2.96.